The molecule has 1 aromatic rings. The zero-order valence-electron chi connectivity index (χ0n) is 12.6. The van der Waals surface area contributed by atoms with Crippen LogP contribution < -0.4 is 5.73 Å². The number of nitrogens with zero attached hydrogens (tertiary/aromatic N) is 1. The monoisotopic (exact) mass is 296 g/mol. The molecule has 0 amide bonds. The van der Waals surface area contributed by atoms with Crippen molar-refractivity contribution in [3.05, 3.63) is 54.3 Å². The highest BCUT2D eigenvalue weighted by Crippen LogP contribution is 2.24. The average Bonchev–Trinajstić information content (AvgIpc) is 2.49. The second-order valence-corrected chi connectivity index (χ2v) is 4.26. The molecule has 1 rings (SSSR count). The van der Waals surface area contributed by atoms with Gasteiger partial charge in [0.2, 0.25) is 6.43 Å². The topological polar surface area (TPSA) is 58.6 Å². The zero-order chi connectivity index (χ0) is 16.4. The summed E-state index contributed by atoms with van der Waals surface area (Å²) in [5, 5.41) is 7.00. The van der Waals surface area contributed by atoms with Gasteiger partial charge < -0.3 is 10.8 Å². The predicted molar refractivity (Wildman–Crippen MR) is 83.9 cm³/mol. The number of aliphatic imine (C=N–C) groups is 1. The van der Waals surface area contributed by atoms with Crippen molar-refractivity contribution in [1.29, 1.82) is 0 Å². The molecule has 0 bridgehead atoms. The Balaban J connectivity index is 0.00000191. The molecule has 116 valence electrons. The van der Waals surface area contributed by atoms with Gasteiger partial charge in [-0.25, -0.2) is 13.8 Å². The maximum Gasteiger partial charge on any atom is 0.245 e. The largest absolute Gasteiger partial charge is 0.402 e. The lowest BCUT2D eigenvalue weighted by Gasteiger charge is -2.17. The minimum atomic E-state index is -2.49. The van der Waals surface area contributed by atoms with Gasteiger partial charge in [0, 0.05) is 24.3 Å². The second-order valence-electron chi connectivity index (χ2n) is 4.26. The SMILES string of the molecule is C=CC(=Nc1ccccc1)/C(=C(/C)N)C(C)C(F)F.CO. The van der Waals surface area contributed by atoms with Crippen LogP contribution in [0.15, 0.2) is 59.2 Å². The highest BCUT2D eigenvalue weighted by Gasteiger charge is 2.23. The first-order chi connectivity index (χ1) is 9.97. The first-order valence-electron chi connectivity index (χ1n) is 6.43. The van der Waals surface area contributed by atoms with E-state index in [4.69, 9.17) is 10.8 Å². The molecule has 0 aliphatic carbocycles. The Labute approximate surface area is 124 Å². The Morgan fingerprint density at radius 1 is 1.29 bits per heavy atom. The van der Waals surface area contributed by atoms with Crippen molar-refractivity contribution >= 4 is 11.4 Å². The number of alkyl halides is 2. The molecule has 0 heterocycles. The summed E-state index contributed by atoms with van der Waals surface area (Å²) in [6, 6.07) is 9.10. The van der Waals surface area contributed by atoms with Gasteiger partial charge in [0.15, 0.2) is 0 Å². The van der Waals surface area contributed by atoms with Crippen molar-refractivity contribution in [2.45, 2.75) is 20.3 Å². The fraction of sp³-hybridized carbons (Fsp3) is 0.312. The third-order valence-corrected chi connectivity index (χ3v) is 2.73. The van der Waals surface area contributed by atoms with Crippen molar-refractivity contribution in [2.24, 2.45) is 16.6 Å². The maximum atomic E-state index is 12.9. The molecule has 3 N–H and O–H groups in total. The molecule has 1 aromatic carbocycles. The molecule has 1 atom stereocenters. The Morgan fingerprint density at radius 3 is 2.19 bits per heavy atom. The number of rotatable bonds is 5. The van der Waals surface area contributed by atoms with Gasteiger partial charge in [-0.2, -0.15) is 0 Å². The van der Waals surface area contributed by atoms with Gasteiger partial charge in [-0.15, -0.1) is 0 Å². The molecule has 0 spiro atoms. The van der Waals surface area contributed by atoms with E-state index in [1.54, 1.807) is 19.1 Å². The fourth-order valence-electron chi connectivity index (χ4n) is 1.78. The highest BCUT2D eigenvalue weighted by molar-refractivity contribution is 6.10. The number of halogens is 2. The molecule has 0 radical (unpaired) electrons. The Hall–Kier alpha value is -2.01. The highest BCUT2D eigenvalue weighted by atomic mass is 19.3. The maximum absolute atomic E-state index is 12.9. The molecular formula is C16H22F2N2O. The Morgan fingerprint density at radius 2 is 1.81 bits per heavy atom. The van der Waals surface area contributed by atoms with E-state index in [0.717, 1.165) is 7.11 Å². The lowest BCUT2D eigenvalue weighted by Crippen LogP contribution is -2.20. The van der Waals surface area contributed by atoms with E-state index >= 15 is 0 Å². The number of aliphatic hydroxyl groups is 1. The van der Waals surface area contributed by atoms with E-state index in [2.05, 4.69) is 11.6 Å². The molecule has 5 heteroatoms. The summed E-state index contributed by atoms with van der Waals surface area (Å²) in [5.74, 6) is -0.981. The minimum absolute atomic E-state index is 0.336. The van der Waals surface area contributed by atoms with E-state index in [-0.39, 0.29) is 0 Å². The fourth-order valence-corrected chi connectivity index (χ4v) is 1.78. The third-order valence-electron chi connectivity index (χ3n) is 2.73. The number of aliphatic hydroxyl groups excluding tert-OH is 1. The van der Waals surface area contributed by atoms with Crippen molar-refractivity contribution in [3.8, 4) is 0 Å². The van der Waals surface area contributed by atoms with Crippen LogP contribution in [0.1, 0.15) is 13.8 Å². The van der Waals surface area contributed by atoms with Crippen molar-refractivity contribution in [1.82, 2.24) is 0 Å². The van der Waals surface area contributed by atoms with E-state index in [9.17, 15) is 8.78 Å². The van der Waals surface area contributed by atoms with Gasteiger partial charge in [-0.3, -0.25) is 0 Å². The summed E-state index contributed by atoms with van der Waals surface area (Å²) in [6.07, 6.45) is -1.04. The summed E-state index contributed by atoms with van der Waals surface area (Å²) < 4.78 is 25.8. The number of benzene rings is 1. The minimum Gasteiger partial charge on any atom is -0.402 e. The van der Waals surface area contributed by atoms with Crippen LogP contribution in [0.3, 0.4) is 0 Å². The predicted octanol–water partition coefficient (Wildman–Crippen LogP) is 3.69. The van der Waals surface area contributed by atoms with E-state index in [0.29, 0.717) is 22.7 Å². The van der Waals surface area contributed by atoms with Crippen LogP contribution in [0.25, 0.3) is 0 Å². The number of nitrogens with two attached hydrogens (primary N) is 1. The van der Waals surface area contributed by atoms with E-state index in [1.807, 2.05) is 18.2 Å². The second kappa shape index (κ2) is 9.83. The first-order valence-corrected chi connectivity index (χ1v) is 6.43. The molecule has 0 aliphatic rings. The van der Waals surface area contributed by atoms with E-state index < -0.39 is 12.3 Å². The number of hydrogen-bond donors (Lipinski definition) is 2. The molecule has 1 unspecified atom stereocenters. The summed E-state index contributed by atoms with van der Waals surface area (Å²) in [4.78, 5) is 4.33. The average molecular weight is 296 g/mol. The molecule has 0 aliphatic heterocycles. The molecule has 0 aromatic heterocycles. The van der Waals surface area contributed by atoms with Crippen LogP contribution in [-0.4, -0.2) is 24.4 Å². The molecule has 0 saturated heterocycles. The zero-order valence-corrected chi connectivity index (χ0v) is 12.6. The Kier molecular flexibility index (Phi) is 8.88. The first kappa shape index (κ1) is 19.0. The number of allylic oxidation sites excluding steroid dienone is 3. The molecule has 3 nitrogen and oxygen atoms in total. The van der Waals surface area contributed by atoms with Gasteiger partial charge in [-0.05, 0) is 25.1 Å². The van der Waals surface area contributed by atoms with Crippen LogP contribution in [-0.2, 0) is 0 Å². The van der Waals surface area contributed by atoms with Gasteiger partial charge in [0.25, 0.3) is 0 Å². The van der Waals surface area contributed by atoms with Gasteiger partial charge in [0.05, 0.1) is 11.4 Å². The Bertz CT molecular complexity index is 492. The summed E-state index contributed by atoms with van der Waals surface area (Å²) in [5.41, 5.74) is 7.47. The van der Waals surface area contributed by atoms with Crippen molar-refractivity contribution in [3.63, 3.8) is 0 Å². The smallest absolute Gasteiger partial charge is 0.245 e. The molecule has 0 fully saturated rings. The van der Waals surface area contributed by atoms with E-state index in [1.165, 1.54) is 13.0 Å². The molecule has 0 saturated carbocycles. The van der Waals surface area contributed by atoms with Crippen LogP contribution in [0.2, 0.25) is 0 Å². The van der Waals surface area contributed by atoms with Crippen LogP contribution in [0.5, 0.6) is 0 Å². The number of hydrogen-bond acceptors (Lipinski definition) is 3. The summed E-state index contributed by atoms with van der Waals surface area (Å²) in [7, 11) is 1.00. The van der Waals surface area contributed by atoms with Crippen LogP contribution in [0.4, 0.5) is 14.5 Å². The van der Waals surface area contributed by atoms with Gasteiger partial charge >= 0.3 is 0 Å². The standard InChI is InChI=1S/C15H18F2N2.CH4O/c1-4-13(19-12-8-6-5-7-9-12)14(11(3)18)10(2)15(16)17;1-2/h4-10,15H,1,18H2,2-3H3;2H,1H3/b14-11-,19-13?;. The van der Waals surface area contributed by atoms with Crippen LogP contribution >= 0.6 is 0 Å². The quantitative estimate of drug-likeness (QED) is 0.814. The number of para-hydroxylation sites is 1. The normalized spacial score (nSPS) is 14.0. The van der Waals surface area contributed by atoms with Gasteiger partial charge in [0.1, 0.15) is 0 Å². The molecule has 21 heavy (non-hydrogen) atoms. The lowest BCUT2D eigenvalue weighted by atomic mass is 9.95. The summed E-state index contributed by atoms with van der Waals surface area (Å²) >= 11 is 0. The summed E-state index contributed by atoms with van der Waals surface area (Å²) in [6.45, 7) is 6.66. The third kappa shape index (κ3) is 5.87. The van der Waals surface area contributed by atoms with Crippen molar-refractivity contribution < 1.29 is 13.9 Å². The molecular weight excluding hydrogens is 274 g/mol. The van der Waals surface area contributed by atoms with Gasteiger partial charge in [-0.1, -0.05) is 31.7 Å². The lowest BCUT2D eigenvalue weighted by molar-refractivity contribution is 0.105. The van der Waals surface area contributed by atoms with Crippen LogP contribution in [0, 0.1) is 5.92 Å². The van der Waals surface area contributed by atoms with Crippen molar-refractivity contribution in [2.75, 3.05) is 7.11 Å².